The molecule has 5 heteroatoms. The first kappa shape index (κ1) is 14.0. The highest BCUT2D eigenvalue weighted by Crippen LogP contribution is 2.30. The summed E-state index contributed by atoms with van der Waals surface area (Å²) in [5.74, 6) is -1.64. The molecule has 0 aliphatic rings. The zero-order chi connectivity index (χ0) is 14.5. The summed E-state index contributed by atoms with van der Waals surface area (Å²) >= 11 is 0. The average molecular weight is 278 g/mol. The molecule has 0 aromatic heterocycles. The van der Waals surface area contributed by atoms with Crippen LogP contribution in [0.3, 0.4) is 0 Å². The van der Waals surface area contributed by atoms with Gasteiger partial charge in [-0.1, -0.05) is 6.07 Å². The number of rotatable bonds is 5. The lowest BCUT2D eigenvalue weighted by molar-refractivity contribution is 0.112. The SMILES string of the molecule is CCOc1cccc(Oc2c(F)cc(C=O)cc2F)c1. The lowest BCUT2D eigenvalue weighted by Crippen LogP contribution is -1.96. The molecule has 0 radical (unpaired) electrons. The van der Waals surface area contributed by atoms with Crippen molar-refractivity contribution in [3.63, 3.8) is 0 Å². The van der Waals surface area contributed by atoms with Crippen molar-refractivity contribution in [3.05, 3.63) is 53.6 Å². The first-order chi connectivity index (χ1) is 9.63. The third-order valence-corrected chi connectivity index (χ3v) is 2.49. The van der Waals surface area contributed by atoms with E-state index >= 15 is 0 Å². The Balaban J connectivity index is 2.30. The molecule has 0 heterocycles. The summed E-state index contributed by atoms with van der Waals surface area (Å²) in [6.07, 6.45) is 0.367. The number of hydrogen-bond acceptors (Lipinski definition) is 3. The van der Waals surface area contributed by atoms with E-state index < -0.39 is 17.4 Å². The molecule has 0 saturated heterocycles. The van der Waals surface area contributed by atoms with Gasteiger partial charge in [-0.25, -0.2) is 8.78 Å². The summed E-state index contributed by atoms with van der Waals surface area (Å²) in [4.78, 5) is 10.5. The molecule has 20 heavy (non-hydrogen) atoms. The molecule has 0 N–H and O–H groups in total. The maximum Gasteiger partial charge on any atom is 0.198 e. The molecule has 104 valence electrons. The first-order valence-electron chi connectivity index (χ1n) is 5.99. The van der Waals surface area contributed by atoms with E-state index in [9.17, 15) is 13.6 Å². The van der Waals surface area contributed by atoms with Crippen molar-refractivity contribution >= 4 is 6.29 Å². The van der Waals surface area contributed by atoms with Gasteiger partial charge in [-0.15, -0.1) is 0 Å². The monoisotopic (exact) mass is 278 g/mol. The Kier molecular flexibility index (Phi) is 4.30. The second-order valence-corrected chi connectivity index (χ2v) is 3.94. The van der Waals surface area contributed by atoms with E-state index in [0.717, 1.165) is 12.1 Å². The molecule has 0 bridgehead atoms. The number of benzene rings is 2. The largest absolute Gasteiger partial charge is 0.494 e. The van der Waals surface area contributed by atoms with Gasteiger partial charge < -0.3 is 9.47 Å². The van der Waals surface area contributed by atoms with E-state index in [0.29, 0.717) is 18.6 Å². The van der Waals surface area contributed by atoms with Crippen molar-refractivity contribution in [1.82, 2.24) is 0 Å². The van der Waals surface area contributed by atoms with Crippen LogP contribution in [0.2, 0.25) is 0 Å². The zero-order valence-corrected chi connectivity index (χ0v) is 10.7. The summed E-state index contributed by atoms with van der Waals surface area (Å²) in [6, 6.07) is 8.26. The smallest absolute Gasteiger partial charge is 0.198 e. The van der Waals surface area contributed by atoms with Gasteiger partial charge in [-0.2, -0.15) is 0 Å². The van der Waals surface area contributed by atoms with E-state index in [1.54, 1.807) is 18.2 Å². The van der Waals surface area contributed by atoms with Crippen LogP contribution in [0.4, 0.5) is 8.78 Å². The van der Waals surface area contributed by atoms with Crippen molar-refractivity contribution in [3.8, 4) is 17.2 Å². The van der Waals surface area contributed by atoms with Gasteiger partial charge in [0.25, 0.3) is 0 Å². The van der Waals surface area contributed by atoms with E-state index in [-0.39, 0.29) is 11.3 Å². The molecule has 0 fully saturated rings. The minimum atomic E-state index is -0.936. The Labute approximate surface area is 114 Å². The number of ether oxygens (including phenoxy) is 2. The number of aldehydes is 1. The minimum absolute atomic E-state index is 0.0876. The van der Waals surface area contributed by atoms with Gasteiger partial charge in [-0.05, 0) is 31.2 Å². The maximum absolute atomic E-state index is 13.7. The van der Waals surface area contributed by atoms with Crippen LogP contribution in [0, 0.1) is 11.6 Å². The van der Waals surface area contributed by atoms with Crippen LogP contribution in [0.15, 0.2) is 36.4 Å². The van der Waals surface area contributed by atoms with Crippen LogP contribution in [0.25, 0.3) is 0 Å². The summed E-state index contributed by atoms with van der Waals surface area (Å²) in [6.45, 7) is 2.30. The van der Waals surface area contributed by atoms with Crippen molar-refractivity contribution < 1.29 is 23.0 Å². The van der Waals surface area contributed by atoms with Crippen LogP contribution in [-0.2, 0) is 0 Å². The van der Waals surface area contributed by atoms with Crippen LogP contribution >= 0.6 is 0 Å². The number of hydrogen-bond donors (Lipinski definition) is 0. The third-order valence-electron chi connectivity index (χ3n) is 2.49. The Hall–Kier alpha value is -2.43. The zero-order valence-electron chi connectivity index (χ0n) is 10.7. The molecular weight excluding hydrogens is 266 g/mol. The highest BCUT2D eigenvalue weighted by Gasteiger charge is 2.13. The normalized spacial score (nSPS) is 10.2. The standard InChI is InChI=1S/C15H12F2O3/c1-2-19-11-4-3-5-12(8-11)20-15-13(16)6-10(9-18)7-14(15)17/h3-9H,2H2,1H3. The topological polar surface area (TPSA) is 35.5 Å². The lowest BCUT2D eigenvalue weighted by Gasteiger charge is -2.10. The third kappa shape index (κ3) is 3.12. The average Bonchev–Trinajstić information content (AvgIpc) is 2.43. The van der Waals surface area contributed by atoms with Crippen molar-refractivity contribution in [1.29, 1.82) is 0 Å². The molecular formula is C15H12F2O3. The van der Waals surface area contributed by atoms with Crippen molar-refractivity contribution in [2.75, 3.05) is 6.61 Å². The van der Waals surface area contributed by atoms with Crippen molar-refractivity contribution in [2.24, 2.45) is 0 Å². The molecule has 0 atom stereocenters. The van der Waals surface area contributed by atoms with Gasteiger partial charge >= 0.3 is 0 Å². The van der Waals surface area contributed by atoms with Crippen LogP contribution < -0.4 is 9.47 Å². The highest BCUT2D eigenvalue weighted by atomic mass is 19.1. The summed E-state index contributed by atoms with van der Waals surface area (Å²) in [7, 11) is 0. The quantitative estimate of drug-likeness (QED) is 0.776. The van der Waals surface area contributed by atoms with E-state index in [4.69, 9.17) is 9.47 Å². The molecule has 0 unspecified atom stereocenters. The molecule has 0 aliphatic heterocycles. The van der Waals surface area contributed by atoms with Gasteiger partial charge in [0.1, 0.15) is 17.8 Å². The molecule has 0 saturated carbocycles. The highest BCUT2D eigenvalue weighted by molar-refractivity contribution is 5.75. The Morgan fingerprint density at radius 1 is 1.10 bits per heavy atom. The lowest BCUT2D eigenvalue weighted by atomic mass is 10.2. The van der Waals surface area contributed by atoms with Gasteiger partial charge in [0.15, 0.2) is 17.4 Å². The second-order valence-electron chi connectivity index (χ2n) is 3.94. The molecule has 0 amide bonds. The molecule has 0 spiro atoms. The fourth-order valence-corrected chi connectivity index (χ4v) is 1.66. The Morgan fingerprint density at radius 2 is 1.75 bits per heavy atom. The fourth-order valence-electron chi connectivity index (χ4n) is 1.66. The molecule has 2 aromatic carbocycles. The van der Waals surface area contributed by atoms with Gasteiger partial charge in [0.2, 0.25) is 0 Å². The number of halogens is 2. The van der Waals surface area contributed by atoms with E-state index in [2.05, 4.69) is 0 Å². The van der Waals surface area contributed by atoms with Crippen LogP contribution in [-0.4, -0.2) is 12.9 Å². The molecule has 0 aliphatic carbocycles. The summed E-state index contributed by atoms with van der Waals surface area (Å²) < 4.78 is 37.8. The number of carbonyl (C=O) groups excluding carboxylic acids is 1. The second kappa shape index (κ2) is 6.14. The van der Waals surface area contributed by atoms with Gasteiger partial charge in [0, 0.05) is 11.6 Å². The summed E-state index contributed by atoms with van der Waals surface area (Å²) in [5, 5.41) is 0. The fraction of sp³-hybridized carbons (Fsp3) is 0.133. The van der Waals surface area contributed by atoms with Crippen LogP contribution in [0.1, 0.15) is 17.3 Å². The van der Waals surface area contributed by atoms with E-state index in [1.165, 1.54) is 6.07 Å². The van der Waals surface area contributed by atoms with E-state index in [1.807, 2.05) is 6.92 Å². The Bertz CT molecular complexity index is 603. The molecule has 2 rings (SSSR count). The summed E-state index contributed by atoms with van der Waals surface area (Å²) in [5.41, 5.74) is -0.0876. The van der Waals surface area contributed by atoms with Crippen LogP contribution in [0.5, 0.6) is 17.2 Å². The number of carbonyl (C=O) groups is 1. The molecule has 3 nitrogen and oxygen atoms in total. The first-order valence-corrected chi connectivity index (χ1v) is 5.99. The molecule has 2 aromatic rings. The minimum Gasteiger partial charge on any atom is -0.494 e. The maximum atomic E-state index is 13.7. The van der Waals surface area contributed by atoms with Crippen molar-refractivity contribution in [2.45, 2.75) is 6.92 Å². The van der Waals surface area contributed by atoms with Gasteiger partial charge in [-0.3, -0.25) is 4.79 Å². The Morgan fingerprint density at radius 3 is 2.35 bits per heavy atom. The predicted molar refractivity (Wildman–Crippen MR) is 69.4 cm³/mol. The predicted octanol–water partition coefficient (Wildman–Crippen LogP) is 3.97. The van der Waals surface area contributed by atoms with Gasteiger partial charge in [0.05, 0.1) is 6.61 Å².